The molecule has 0 heterocycles. The van der Waals surface area contributed by atoms with Crippen LogP contribution in [0.2, 0.25) is 0 Å². The van der Waals surface area contributed by atoms with Crippen LogP contribution >= 0.6 is 26.2 Å². The highest BCUT2D eigenvalue weighted by molar-refractivity contribution is 8.93. The van der Waals surface area contributed by atoms with Crippen molar-refractivity contribution in [2.45, 2.75) is 32.3 Å². The minimum absolute atomic E-state index is 0. The molecule has 0 saturated heterocycles. The summed E-state index contributed by atoms with van der Waals surface area (Å²) in [7, 11) is 2.79. The average molecular weight is 185 g/mol. The van der Waals surface area contributed by atoms with Crippen molar-refractivity contribution in [1.29, 1.82) is 0 Å². The first kappa shape index (κ1) is 10.8. The third kappa shape index (κ3) is 10.9. The number of hydrogen-bond donors (Lipinski definition) is 0. The zero-order valence-corrected chi connectivity index (χ0v) is 8.06. The molecule has 0 rings (SSSR count). The summed E-state index contributed by atoms with van der Waals surface area (Å²) in [5, 5.41) is 0.458. The molecule has 2 heteroatoms. The Morgan fingerprint density at radius 3 is 1.57 bits per heavy atom. The summed E-state index contributed by atoms with van der Waals surface area (Å²) in [6, 6.07) is 0. The summed E-state index contributed by atoms with van der Waals surface area (Å²) in [4.78, 5) is 0. The SMILES string of the molecule is Br.CCC(C)(C)P. The van der Waals surface area contributed by atoms with Gasteiger partial charge < -0.3 is 0 Å². The molecule has 0 amide bonds. The van der Waals surface area contributed by atoms with Crippen LogP contribution in [-0.2, 0) is 0 Å². The topological polar surface area (TPSA) is 0 Å². The van der Waals surface area contributed by atoms with Crippen LogP contribution in [-0.4, -0.2) is 5.16 Å². The lowest BCUT2D eigenvalue weighted by Gasteiger charge is -2.12. The number of hydrogen-bond acceptors (Lipinski definition) is 0. The van der Waals surface area contributed by atoms with Gasteiger partial charge in [0.25, 0.3) is 0 Å². The summed E-state index contributed by atoms with van der Waals surface area (Å²) in [5.74, 6) is 0. The quantitative estimate of drug-likeness (QED) is 0.551. The molecule has 0 aromatic rings. The summed E-state index contributed by atoms with van der Waals surface area (Å²) in [6.07, 6.45) is 1.23. The highest BCUT2D eigenvalue weighted by Crippen LogP contribution is 2.18. The van der Waals surface area contributed by atoms with Crippen molar-refractivity contribution >= 4 is 26.2 Å². The number of halogens is 1. The van der Waals surface area contributed by atoms with Crippen LogP contribution in [0.25, 0.3) is 0 Å². The Morgan fingerprint density at radius 1 is 1.43 bits per heavy atom. The van der Waals surface area contributed by atoms with E-state index in [4.69, 9.17) is 0 Å². The monoisotopic (exact) mass is 184 g/mol. The van der Waals surface area contributed by atoms with Gasteiger partial charge in [0.15, 0.2) is 0 Å². The van der Waals surface area contributed by atoms with Gasteiger partial charge in [-0.15, -0.1) is 26.2 Å². The second-order valence-electron chi connectivity index (χ2n) is 2.34. The molecular formula is C5H14BrP. The van der Waals surface area contributed by atoms with Crippen molar-refractivity contribution in [3.8, 4) is 0 Å². The average Bonchev–Trinajstić information content (AvgIpc) is 1.35. The van der Waals surface area contributed by atoms with Crippen molar-refractivity contribution in [2.24, 2.45) is 0 Å². The third-order valence-corrected chi connectivity index (χ3v) is 1.32. The molecule has 46 valence electrons. The minimum atomic E-state index is 0. The fraction of sp³-hybridized carbons (Fsp3) is 1.00. The highest BCUT2D eigenvalue weighted by atomic mass is 79.9. The largest absolute Gasteiger partial charge is 0.132 e. The van der Waals surface area contributed by atoms with Crippen molar-refractivity contribution in [3.63, 3.8) is 0 Å². The van der Waals surface area contributed by atoms with E-state index in [0.717, 1.165) is 0 Å². The maximum Gasteiger partial charge on any atom is -0.0209 e. The van der Waals surface area contributed by atoms with Crippen molar-refractivity contribution in [1.82, 2.24) is 0 Å². The molecule has 0 aliphatic rings. The lowest BCUT2D eigenvalue weighted by Crippen LogP contribution is -2.04. The first-order chi connectivity index (χ1) is 2.56. The van der Waals surface area contributed by atoms with E-state index < -0.39 is 0 Å². The van der Waals surface area contributed by atoms with Gasteiger partial charge in [0, 0.05) is 0 Å². The Bertz CT molecular complexity index is 37.8. The molecule has 1 unspecified atom stereocenters. The van der Waals surface area contributed by atoms with Crippen LogP contribution in [0.4, 0.5) is 0 Å². The van der Waals surface area contributed by atoms with Gasteiger partial charge in [-0.25, -0.2) is 0 Å². The second-order valence-corrected chi connectivity index (χ2v) is 3.91. The standard InChI is InChI=1S/C5H13P.BrH/c1-4-5(2,3)6;/h4,6H2,1-3H3;1H. The fourth-order valence-electron chi connectivity index (χ4n) is 0. The van der Waals surface area contributed by atoms with E-state index in [0.29, 0.717) is 5.16 Å². The molecule has 7 heavy (non-hydrogen) atoms. The number of rotatable bonds is 1. The zero-order valence-electron chi connectivity index (χ0n) is 5.19. The highest BCUT2D eigenvalue weighted by Gasteiger charge is 2.03. The van der Waals surface area contributed by atoms with E-state index in [9.17, 15) is 0 Å². The first-order valence-electron chi connectivity index (χ1n) is 2.35. The minimum Gasteiger partial charge on any atom is -0.132 e. The molecule has 1 atom stereocenters. The summed E-state index contributed by atoms with van der Waals surface area (Å²) in [5.41, 5.74) is 0. The van der Waals surface area contributed by atoms with Crippen LogP contribution < -0.4 is 0 Å². The van der Waals surface area contributed by atoms with Crippen molar-refractivity contribution in [3.05, 3.63) is 0 Å². The Hall–Kier alpha value is 0.910. The molecule has 0 spiro atoms. The molecule has 0 aliphatic heterocycles. The molecule has 0 N–H and O–H groups in total. The normalized spacial score (nSPS) is 10.3. The maximum absolute atomic E-state index is 2.79. The van der Waals surface area contributed by atoms with E-state index in [1.54, 1.807) is 0 Å². The van der Waals surface area contributed by atoms with Crippen LogP contribution in [0.3, 0.4) is 0 Å². The smallest absolute Gasteiger partial charge is 0.0209 e. The summed E-state index contributed by atoms with van der Waals surface area (Å²) in [6.45, 7) is 6.60. The Labute approximate surface area is 59.0 Å². The Morgan fingerprint density at radius 2 is 1.57 bits per heavy atom. The summed E-state index contributed by atoms with van der Waals surface area (Å²) < 4.78 is 0. The Kier molecular flexibility index (Phi) is 5.96. The van der Waals surface area contributed by atoms with Gasteiger partial charge in [0.05, 0.1) is 0 Å². The van der Waals surface area contributed by atoms with Crippen LogP contribution in [0.15, 0.2) is 0 Å². The molecule has 0 aromatic carbocycles. The van der Waals surface area contributed by atoms with Gasteiger partial charge in [-0.2, -0.15) is 0 Å². The lowest BCUT2D eigenvalue weighted by molar-refractivity contribution is 0.685. The van der Waals surface area contributed by atoms with E-state index in [-0.39, 0.29) is 17.0 Å². The second kappa shape index (κ2) is 3.86. The zero-order chi connectivity index (χ0) is 5.21. The third-order valence-electron chi connectivity index (χ3n) is 0.911. The molecule has 0 bridgehead atoms. The van der Waals surface area contributed by atoms with E-state index in [2.05, 4.69) is 30.0 Å². The molecule has 0 nitrogen and oxygen atoms in total. The predicted octanol–water partition coefficient (Wildman–Crippen LogP) is 2.63. The predicted molar refractivity (Wildman–Crippen MR) is 44.4 cm³/mol. The van der Waals surface area contributed by atoms with E-state index >= 15 is 0 Å². The van der Waals surface area contributed by atoms with Crippen LogP contribution in [0.5, 0.6) is 0 Å². The fourth-order valence-corrected chi connectivity index (χ4v) is 0. The maximum atomic E-state index is 2.79. The molecule has 0 aliphatic carbocycles. The van der Waals surface area contributed by atoms with E-state index in [1.807, 2.05) is 0 Å². The molecule has 0 fully saturated rings. The van der Waals surface area contributed by atoms with Gasteiger partial charge in [0.2, 0.25) is 0 Å². The van der Waals surface area contributed by atoms with Gasteiger partial charge >= 0.3 is 0 Å². The molecule has 0 radical (unpaired) electrons. The van der Waals surface area contributed by atoms with E-state index in [1.165, 1.54) is 6.42 Å². The van der Waals surface area contributed by atoms with Crippen molar-refractivity contribution < 1.29 is 0 Å². The van der Waals surface area contributed by atoms with Crippen LogP contribution in [0.1, 0.15) is 27.2 Å². The van der Waals surface area contributed by atoms with Gasteiger partial charge in [-0.3, -0.25) is 0 Å². The van der Waals surface area contributed by atoms with Crippen LogP contribution in [0, 0.1) is 0 Å². The lowest BCUT2D eigenvalue weighted by atomic mass is 10.1. The first-order valence-corrected chi connectivity index (χ1v) is 2.93. The Balaban J connectivity index is 0. The molecular weight excluding hydrogens is 171 g/mol. The molecule has 0 aromatic heterocycles. The van der Waals surface area contributed by atoms with Crippen molar-refractivity contribution in [2.75, 3.05) is 0 Å². The van der Waals surface area contributed by atoms with Gasteiger partial charge in [0.1, 0.15) is 0 Å². The summed E-state index contributed by atoms with van der Waals surface area (Å²) >= 11 is 0. The molecule has 0 saturated carbocycles. The van der Waals surface area contributed by atoms with Gasteiger partial charge in [-0.1, -0.05) is 20.8 Å². The van der Waals surface area contributed by atoms with Gasteiger partial charge in [-0.05, 0) is 11.6 Å².